The third-order valence-corrected chi connectivity index (χ3v) is 3.68. The molecule has 0 radical (unpaired) electrons. The number of aromatic nitrogens is 2. The number of imidazole rings is 1. The van der Waals surface area contributed by atoms with E-state index in [0.29, 0.717) is 0 Å². The van der Waals surface area contributed by atoms with Gasteiger partial charge in [-0.1, -0.05) is 6.92 Å². The highest BCUT2D eigenvalue weighted by atomic mass is 16.7. The second kappa shape index (κ2) is 4.14. The minimum absolute atomic E-state index is 0.305. The summed E-state index contributed by atoms with van der Waals surface area (Å²) in [5.74, 6) is 0. The van der Waals surface area contributed by atoms with Gasteiger partial charge in [0.2, 0.25) is 0 Å². The van der Waals surface area contributed by atoms with E-state index < -0.39 is 0 Å². The second-order valence-corrected chi connectivity index (χ2v) is 5.57. The Morgan fingerprint density at radius 2 is 1.82 bits per heavy atom. The Morgan fingerprint density at radius 1 is 1.24 bits per heavy atom. The van der Waals surface area contributed by atoms with Gasteiger partial charge in [0.05, 0.1) is 11.2 Å². The van der Waals surface area contributed by atoms with Crippen LogP contribution in [0.2, 0.25) is 0 Å². The first-order valence-corrected chi connectivity index (χ1v) is 6.24. The van der Waals surface area contributed by atoms with E-state index >= 15 is 0 Å². The van der Waals surface area contributed by atoms with Gasteiger partial charge in [-0.25, -0.2) is 4.98 Å². The molecule has 1 saturated heterocycles. The van der Waals surface area contributed by atoms with Crippen molar-refractivity contribution >= 4 is 12.8 Å². The molecule has 0 saturated carbocycles. The fourth-order valence-corrected chi connectivity index (χ4v) is 1.92. The van der Waals surface area contributed by atoms with Gasteiger partial charge in [-0.3, -0.25) is 0 Å². The maximum Gasteiger partial charge on any atom is 0.532 e. The van der Waals surface area contributed by atoms with Crippen molar-refractivity contribution in [3.63, 3.8) is 0 Å². The Labute approximate surface area is 103 Å². The molecule has 17 heavy (non-hydrogen) atoms. The third kappa shape index (κ3) is 2.14. The molecular formula is C12H21BN2O2. The van der Waals surface area contributed by atoms with Crippen molar-refractivity contribution in [2.24, 2.45) is 0 Å². The lowest BCUT2D eigenvalue weighted by Gasteiger charge is -2.32. The predicted octanol–water partition coefficient (Wildman–Crippen LogP) is 1.59. The van der Waals surface area contributed by atoms with E-state index in [4.69, 9.17) is 9.31 Å². The van der Waals surface area contributed by atoms with Crippen molar-refractivity contribution in [3.8, 4) is 0 Å². The van der Waals surface area contributed by atoms with Gasteiger partial charge in [0.25, 0.3) is 0 Å². The van der Waals surface area contributed by atoms with Crippen LogP contribution in [0.15, 0.2) is 12.4 Å². The third-order valence-electron chi connectivity index (χ3n) is 3.68. The number of rotatable bonds is 3. The van der Waals surface area contributed by atoms with E-state index in [0.717, 1.165) is 18.7 Å². The van der Waals surface area contributed by atoms with Crippen LogP contribution in [0.3, 0.4) is 0 Å². The lowest BCUT2D eigenvalue weighted by molar-refractivity contribution is 0.00578. The number of nitrogens with zero attached hydrogens (tertiary/aromatic N) is 2. The smallest absolute Gasteiger partial charge is 0.397 e. The minimum Gasteiger partial charge on any atom is -0.397 e. The first-order valence-electron chi connectivity index (χ1n) is 6.24. The van der Waals surface area contributed by atoms with Gasteiger partial charge in [-0.2, -0.15) is 0 Å². The fourth-order valence-electron chi connectivity index (χ4n) is 1.92. The Hall–Kier alpha value is -0.805. The molecule has 4 nitrogen and oxygen atoms in total. The molecule has 0 amide bonds. The zero-order valence-electron chi connectivity index (χ0n) is 11.4. The van der Waals surface area contributed by atoms with Gasteiger partial charge >= 0.3 is 7.12 Å². The molecule has 1 fully saturated rings. The summed E-state index contributed by atoms with van der Waals surface area (Å²) < 4.78 is 14.1. The van der Waals surface area contributed by atoms with E-state index in [9.17, 15) is 0 Å². The molecule has 1 aromatic rings. The Balaban J connectivity index is 2.23. The van der Waals surface area contributed by atoms with E-state index in [2.05, 4.69) is 44.2 Å². The molecule has 0 unspecified atom stereocenters. The van der Waals surface area contributed by atoms with Gasteiger partial charge in [-0.15, -0.1) is 0 Å². The summed E-state index contributed by atoms with van der Waals surface area (Å²) in [6.07, 6.45) is 4.85. The number of aryl methyl sites for hydroxylation is 1. The average Bonchev–Trinajstić information content (AvgIpc) is 2.71. The van der Waals surface area contributed by atoms with Crippen LogP contribution in [0.5, 0.6) is 0 Å². The second-order valence-electron chi connectivity index (χ2n) is 5.57. The van der Waals surface area contributed by atoms with Crippen LogP contribution >= 0.6 is 0 Å². The van der Waals surface area contributed by atoms with E-state index in [1.54, 1.807) is 6.20 Å². The zero-order valence-corrected chi connectivity index (χ0v) is 11.4. The van der Waals surface area contributed by atoms with E-state index in [-0.39, 0.29) is 18.3 Å². The highest BCUT2D eigenvalue weighted by Gasteiger charge is 2.53. The van der Waals surface area contributed by atoms with Crippen molar-refractivity contribution in [3.05, 3.63) is 12.4 Å². The summed E-state index contributed by atoms with van der Waals surface area (Å²) >= 11 is 0. The summed E-state index contributed by atoms with van der Waals surface area (Å²) in [6.45, 7) is 11.3. The first-order chi connectivity index (χ1) is 7.87. The molecule has 2 heterocycles. The van der Waals surface area contributed by atoms with Crippen molar-refractivity contribution in [2.75, 3.05) is 0 Å². The Bertz CT molecular complexity index is 385. The van der Waals surface area contributed by atoms with Crippen LogP contribution in [0.4, 0.5) is 0 Å². The van der Waals surface area contributed by atoms with Gasteiger partial charge in [0.1, 0.15) is 5.72 Å². The summed E-state index contributed by atoms with van der Waals surface area (Å²) in [4.78, 5) is 4.36. The molecule has 2 rings (SSSR count). The molecule has 0 aromatic carbocycles. The normalized spacial score (nSPS) is 22.1. The summed E-state index contributed by atoms with van der Waals surface area (Å²) in [5, 5.41) is 0. The standard InChI is InChI=1S/C12H21BN2O2/c1-6-8-15-9-7-14-10(15)13-16-11(2,3)12(4,5)17-13/h7,9H,6,8H2,1-5H3. The first kappa shape index (κ1) is 12.6. The van der Waals surface area contributed by atoms with Gasteiger partial charge < -0.3 is 13.9 Å². The fraction of sp³-hybridized carbons (Fsp3) is 0.750. The van der Waals surface area contributed by atoms with Crippen molar-refractivity contribution in [1.82, 2.24) is 9.55 Å². The van der Waals surface area contributed by atoms with Crippen molar-refractivity contribution < 1.29 is 9.31 Å². The molecular weight excluding hydrogens is 215 g/mol. The van der Waals surface area contributed by atoms with Crippen LogP contribution in [0, 0.1) is 0 Å². The monoisotopic (exact) mass is 236 g/mol. The molecule has 1 aliphatic rings. The number of hydrogen-bond acceptors (Lipinski definition) is 3. The van der Waals surface area contributed by atoms with Crippen LogP contribution in [-0.4, -0.2) is 27.9 Å². The van der Waals surface area contributed by atoms with Crippen LogP contribution in [-0.2, 0) is 15.9 Å². The van der Waals surface area contributed by atoms with Crippen molar-refractivity contribution in [1.29, 1.82) is 0 Å². The molecule has 5 heteroatoms. The highest BCUT2D eigenvalue weighted by molar-refractivity contribution is 6.60. The quantitative estimate of drug-likeness (QED) is 0.748. The predicted molar refractivity (Wildman–Crippen MR) is 68.2 cm³/mol. The SMILES string of the molecule is CCCn1ccnc1B1OC(C)(C)C(C)(C)O1. The molecule has 1 aliphatic heterocycles. The topological polar surface area (TPSA) is 36.3 Å². The van der Waals surface area contributed by atoms with Gasteiger partial charge in [-0.05, 0) is 34.1 Å². The molecule has 94 valence electrons. The van der Waals surface area contributed by atoms with Crippen LogP contribution in [0.25, 0.3) is 0 Å². The highest BCUT2D eigenvalue weighted by Crippen LogP contribution is 2.36. The van der Waals surface area contributed by atoms with Crippen LogP contribution in [0.1, 0.15) is 41.0 Å². The molecule has 0 aliphatic carbocycles. The lowest BCUT2D eigenvalue weighted by Crippen LogP contribution is -2.41. The number of hydrogen-bond donors (Lipinski definition) is 0. The van der Waals surface area contributed by atoms with Crippen LogP contribution < -0.4 is 5.72 Å². The summed E-state index contributed by atoms with van der Waals surface area (Å²) in [7, 11) is -0.360. The van der Waals surface area contributed by atoms with Gasteiger partial charge in [0.15, 0.2) is 0 Å². The molecule has 0 bridgehead atoms. The summed E-state index contributed by atoms with van der Waals surface area (Å²) in [5.41, 5.74) is 0.256. The Morgan fingerprint density at radius 3 is 2.35 bits per heavy atom. The summed E-state index contributed by atoms with van der Waals surface area (Å²) in [6, 6.07) is 0. The largest absolute Gasteiger partial charge is 0.532 e. The Kier molecular flexibility index (Phi) is 3.08. The zero-order chi connectivity index (χ0) is 12.7. The minimum atomic E-state index is -0.360. The van der Waals surface area contributed by atoms with Gasteiger partial charge in [0, 0.05) is 18.9 Å². The molecule has 0 N–H and O–H groups in total. The van der Waals surface area contributed by atoms with Crippen molar-refractivity contribution in [2.45, 2.75) is 58.8 Å². The van der Waals surface area contributed by atoms with E-state index in [1.807, 2.05) is 6.20 Å². The molecule has 0 atom stereocenters. The molecule has 0 spiro atoms. The maximum absolute atomic E-state index is 5.99. The lowest BCUT2D eigenvalue weighted by atomic mass is 9.89. The molecule has 1 aromatic heterocycles. The maximum atomic E-state index is 5.99. The average molecular weight is 236 g/mol. The van der Waals surface area contributed by atoms with E-state index in [1.165, 1.54) is 0 Å².